The topological polar surface area (TPSA) is 93.5 Å². The van der Waals surface area contributed by atoms with E-state index in [4.69, 9.17) is 0 Å². The predicted molar refractivity (Wildman–Crippen MR) is 123 cm³/mol. The van der Waals surface area contributed by atoms with Gasteiger partial charge in [-0.05, 0) is 35.2 Å². The summed E-state index contributed by atoms with van der Waals surface area (Å²) in [5, 5.41) is 12.5. The van der Waals surface area contributed by atoms with Crippen molar-refractivity contribution in [2.24, 2.45) is 5.41 Å². The maximum Gasteiger partial charge on any atom is 0.244 e. The summed E-state index contributed by atoms with van der Waals surface area (Å²) < 4.78 is 40.6. The molecule has 1 atom stereocenters. The van der Waals surface area contributed by atoms with Crippen LogP contribution in [0.2, 0.25) is 0 Å². The van der Waals surface area contributed by atoms with E-state index in [0.29, 0.717) is 0 Å². The zero-order valence-electron chi connectivity index (χ0n) is 19.1. The number of benzene rings is 2. The van der Waals surface area contributed by atoms with Crippen LogP contribution in [0.15, 0.2) is 53.4 Å². The summed E-state index contributed by atoms with van der Waals surface area (Å²) in [6, 6.07) is 14.1. The van der Waals surface area contributed by atoms with Gasteiger partial charge in [0.25, 0.3) is 0 Å². The Labute approximate surface area is 194 Å². The van der Waals surface area contributed by atoms with E-state index in [0.717, 1.165) is 5.56 Å². The number of nitriles is 1. The fourth-order valence-electron chi connectivity index (χ4n) is 3.98. The van der Waals surface area contributed by atoms with Crippen molar-refractivity contribution in [2.45, 2.75) is 31.7 Å². The molecule has 0 radical (unpaired) electrons. The highest BCUT2D eigenvalue weighted by molar-refractivity contribution is 7.89. The second-order valence-electron chi connectivity index (χ2n) is 9.12. The highest BCUT2D eigenvalue weighted by atomic mass is 32.2. The van der Waals surface area contributed by atoms with Gasteiger partial charge in [-0.15, -0.1) is 0 Å². The molecule has 0 aromatic heterocycles. The monoisotopic (exact) mass is 472 g/mol. The summed E-state index contributed by atoms with van der Waals surface area (Å²) in [6.45, 7) is 7.08. The lowest BCUT2D eigenvalue weighted by Gasteiger charge is -2.36. The van der Waals surface area contributed by atoms with Gasteiger partial charge in [-0.2, -0.15) is 9.57 Å². The fourth-order valence-corrected chi connectivity index (χ4v) is 5.55. The molecule has 9 heteroatoms. The number of amides is 1. The first-order chi connectivity index (χ1) is 15.5. The molecule has 7 nitrogen and oxygen atoms in total. The van der Waals surface area contributed by atoms with Crippen LogP contribution >= 0.6 is 0 Å². The zero-order chi connectivity index (χ0) is 24.2. The number of hydrogen-bond acceptors (Lipinski definition) is 5. The lowest BCUT2D eigenvalue weighted by molar-refractivity contribution is -0.131. The summed E-state index contributed by atoms with van der Waals surface area (Å²) in [5.74, 6) is -0.437. The maximum atomic E-state index is 13.3. The smallest absolute Gasteiger partial charge is 0.244 e. The Morgan fingerprint density at radius 2 is 1.70 bits per heavy atom. The molecular formula is C24H29FN4O3S. The van der Waals surface area contributed by atoms with E-state index in [2.05, 4.69) is 5.32 Å². The first kappa shape index (κ1) is 24.8. The van der Waals surface area contributed by atoms with Gasteiger partial charge in [-0.25, -0.2) is 12.8 Å². The van der Waals surface area contributed by atoms with Crippen LogP contribution in [0, 0.1) is 22.6 Å². The number of carbonyl (C=O) groups excluding carboxylic acids is 1. The van der Waals surface area contributed by atoms with Crippen molar-refractivity contribution < 1.29 is 17.6 Å². The summed E-state index contributed by atoms with van der Waals surface area (Å²) in [7, 11) is -3.81. The van der Waals surface area contributed by atoms with Gasteiger partial charge in [-0.3, -0.25) is 4.79 Å². The van der Waals surface area contributed by atoms with Gasteiger partial charge < -0.3 is 10.2 Å². The lowest BCUT2D eigenvalue weighted by atomic mass is 9.82. The molecule has 0 bridgehead atoms. The van der Waals surface area contributed by atoms with Crippen LogP contribution in [0.1, 0.15) is 37.9 Å². The summed E-state index contributed by atoms with van der Waals surface area (Å²) in [5.41, 5.74) is 0.789. The van der Waals surface area contributed by atoms with Gasteiger partial charge in [0.1, 0.15) is 11.9 Å². The highest BCUT2D eigenvalue weighted by Crippen LogP contribution is 2.32. The van der Waals surface area contributed by atoms with Crippen molar-refractivity contribution in [3.63, 3.8) is 0 Å². The second-order valence-corrected chi connectivity index (χ2v) is 11.0. The molecule has 3 rings (SSSR count). The molecule has 1 N–H and O–H groups in total. The first-order valence-electron chi connectivity index (χ1n) is 10.8. The normalized spacial score (nSPS) is 16.3. The molecule has 1 aliphatic rings. The second kappa shape index (κ2) is 10.00. The molecule has 1 aliphatic heterocycles. The first-order valence-corrected chi connectivity index (χ1v) is 12.2. The van der Waals surface area contributed by atoms with Gasteiger partial charge in [0.15, 0.2) is 0 Å². The Balaban J connectivity index is 1.62. The average Bonchev–Trinajstić information content (AvgIpc) is 2.79. The molecule has 0 aliphatic carbocycles. The van der Waals surface area contributed by atoms with Crippen molar-refractivity contribution in [1.29, 1.82) is 5.26 Å². The van der Waals surface area contributed by atoms with Crippen LogP contribution in [-0.4, -0.2) is 56.3 Å². The minimum Gasteiger partial charge on any atom is -0.339 e. The molecule has 2 aromatic carbocycles. The van der Waals surface area contributed by atoms with E-state index >= 15 is 0 Å². The van der Waals surface area contributed by atoms with E-state index in [1.165, 1.54) is 28.6 Å². The molecule has 1 fully saturated rings. The third kappa shape index (κ3) is 5.77. The molecule has 0 spiro atoms. The molecule has 1 amide bonds. The molecule has 1 heterocycles. The summed E-state index contributed by atoms with van der Waals surface area (Å²) in [4.78, 5) is 14.5. The Morgan fingerprint density at radius 3 is 2.27 bits per heavy atom. The van der Waals surface area contributed by atoms with E-state index in [1.54, 1.807) is 29.2 Å². The molecule has 176 valence electrons. The minimum absolute atomic E-state index is 0.0127. The number of nitrogens with one attached hydrogen (secondary N) is 1. The fraction of sp³-hybridized carbons (Fsp3) is 0.417. The van der Waals surface area contributed by atoms with Crippen LogP contribution < -0.4 is 5.32 Å². The van der Waals surface area contributed by atoms with Crippen molar-refractivity contribution in [3.05, 3.63) is 65.5 Å². The number of piperazine rings is 1. The van der Waals surface area contributed by atoms with Crippen LogP contribution in [0.3, 0.4) is 0 Å². The van der Waals surface area contributed by atoms with E-state index in [1.807, 2.05) is 26.8 Å². The van der Waals surface area contributed by atoms with Crippen LogP contribution in [0.25, 0.3) is 0 Å². The van der Waals surface area contributed by atoms with E-state index in [9.17, 15) is 22.9 Å². The number of sulfonamides is 1. The Hall–Kier alpha value is -2.80. The highest BCUT2D eigenvalue weighted by Gasteiger charge is 2.32. The molecular weight excluding hydrogens is 443 g/mol. The SMILES string of the molecule is CC(C)(C)C(NCC(=O)N1CCN(S(=O)(=O)c2ccccc2C#N)CC1)c1ccc(F)cc1. The van der Waals surface area contributed by atoms with Gasteiger partial charge in [-0.1, -0.05) is 45.0 Å². The third-order valence-electron chi connectivity index (χ3n) is 5.74. The molecule has 0 saturated carbocycles. The number of carbonyl (C=O) groups is 1. The maximum absolute atomic E-state index is 13.3. The molecule has 2 aromatic rings. The predicted octanol–water partition coefficient (Wildman–Crippen LogP) is 2.91. The zero-order valence-corrected chi connectivity index (χ0v) is 19.9. The number of rotatable bonds is 6. The van der Waals surface area contributed by atoms with E-state index in [-0.39, 0.29) is 66.4 Å². The Bertz CT molecular complexity index is 1130. The Kier molecular flexibility index (Phi) is 7.52. The van der Waals surface area contributed by atoms with Crippen molar-refractivity contribution in [1.82, 2.24) is 14.5 Å². The molecule has 1 saturated heterocycles. The number of hydrogen-bond donors (Lipinski definition) is 1. The van der Waals surface area contributed by atoms with Crippen molar-refractivity contribution in [2.75, 3.05) is 32.7 Å². The summed E-state index contributed by atoms with van der Waals surface area (Å²) in [6.07, 6.45) is 0. The van der Waals surface area contributed by atoms with Gasteiger partial charge >= 0.3 is 0 Å². The number of nitrogens with zero attached hydrogens (tertiary/aromatic N) is 3. The standard InChI is InChI=1S/C24H29FN4O3S/c1-24(2,3)23(18-8-10-20(25)11-9-18)27-17-22(30)28-12-14-29(15-13-28)33(31,32)21-7-5-4-6-19(21)16-26/h4-11,23,27H,12-15,17H2,1-3H3. The third-order valence-corrected chi connectivity index (χ3v) is 7.70. The minimum atomic E-state index is -3.81. The largest absolute Gasteiger partial charge is 0.339 e. The van der Waals surface area contributed by atoms with Crippen LogP contribution in [-0.2, 0) is 14.8 Å². The quantitative estimate of drug-likeness (QED) is 0.698. The van der Waals surface area contributed by atoms with Gasteiger partial charge in [0, 0.05) is 32.2 Å². The lowest BCUT2D eigenvalue weighted by Crippen LogP contribution is -2.52. The van der Waals surface area contributed by atoms with Crippen molar-refractivity contribution in [3.8, 4) is 6.07 Å². The van der Waals surface area contributed by atoms with E-state index < -0.39 is 10.0 Å². The molecule has 1 unspecified atom stereocenters. The van der Waals surface area contributed by atoms with Gasteiger partial charge in [0.2, 0.25) is 15.9 Å². The van der Waals surface area contributed by atoms with Crippen molar-refractivity contribution >= 4 is 15.9 Å². The number of halogens is 1. The summed E-state index contributed by atoms with van der Waals surface area (Å²) >= 11 is 0. The average molecular weight is 473 g/mol. The van der Waals surface area contributed by atoms with Crippen LogP contribution in [0.4, 0.5) is 4.39 Å². The van der Waals surface area contributed by atoms with Crippen LogP contribution in [0.5, 0.6) is 0 Å². The Morgan fingerprint density at radius 1 is 1.09 bits per heavy atom. The molecule has 33 heavy (non-hydrogen) atoms. The van der Waals surface area contributed by atoms with Gasteiger partial charge in [0.05, 0.1) is 17.0 Å².